The summed E-state index contributed by atoms with van der Waals surface area (Å²) in [5.41, 5.74) is 3.88. The van der Waals surface area contributed by atoms with Crippen molar-refractivity contribution in [3.05, 3.63) is 17.0 Å². The molecule has 3 nitrogen and oxygen atoms in total. The zero-order valence-electron chi connectivity index (χ0n) is 11.7. The lowest BCUT2D eigenvalue weighted by Gasteiger charge is -2.14. The number of nitrogens with zero attached hydrogens (tertiary/aromatic N) is 2. The molecule has 1 N–H and O–H groups in total. The molecule has 2 rings (SSSR count). The van der Waals surface area contributed by atoms with E-state index in [2.05, 4.69) is 49.7 Å². The van der Waals surface area contributed by atoms with Crippen LogP contribution in [0, 0.1) is 25.7 Å². The maximum absolute atomic E-state index is 4.58. The maximum atomic E-state index is 4.58. The van der Waals surface area contributed by atoms with Crippen LogP contribution in [0.15, 0.2) is 0 Å². The van der Waals surface area contributed by atoms with Crippen LogP contribution in [-0.2, 0) is 6.54 Å². The van der Waals surface area contributed by atoms with Gasteiger partial charge in [-0.2, -0.15) is 5.10 Å². The summed E-state index contributed by atoms with van der Waals surface area (Å²) >= 11 is 0. The average Bonchev–Trinajstić information content (AvgIpc) is 2.91. The molecule has 0 saturated heterocycles. The molecule has 0 aromatic carbocycles. The summed E-state index contributed by atoms with van der Waals surface area (Å²) in [4.78, 5) is 0. The topological polar surface area (TPSA) is 29.9 Å². The van der Waals surface area contributed by atoms with Crippen molar-refractivity contribution in [3.63, 3.8) is 0 Å². The summed E-state index contributed by atoms with van der Waals surface area (Å²) < 4.78 is 2.10. The number of nitrogens with one attached hydrogen (secondary N) is 1. The van der Waals surface area contributed by atoms with Gasteiger partial charge in [-0.05, 0) is 52.5 Å². The summed E-state index contributed by atoms with van der Waals surface area (Å²) in [6.07, 6.45) is 1.39. The van der Waals surface area contributed by atoms with Gasteiger partial charge < -0.3 is 5.32 Å². The molecule has 3 heteroatoms. The molecule has 1 fully saturated rings. The molecule has 0 spiro atoms. The molecule has 1 aromatic rings. The lowest BCUT2D eigenvalue weighted by atomic mass is 10.1. The summed E-state index contributed by atoms with van der Waals surface area (Å²) in [7, 11) is 0. The second kappa shape index (κ2) is 4.81. The number of aromatic nitrogens is 2. The van der Waals surface area contributed by atoms with E-state index in [1.165, 1.54) is 23.4 Å². The highest BCUT2D eigenvalue weighted by molar-refractivity contribution is 5.27. The van der Waals surface area contributed by atoms with Gasteiger partial charge in [0.1, 0.15) is 0 Å². The van der Waals surface area contributed by atoms with Gasteiger partial charge in [0, 0.05) is 23.8 Å². The van der Waals surface area contributed by atoms with E-state index in [-0.39, 0.29) is 0 Å². The molecule has 0 aliphatic heterocycles. The SMILES string of the molecule is CCn1nc(C)c(C(C)NCC2CC2C)c1C. The number of rotatable bonds is 5. The first-order valence-corrected chi connectivity index (χ1v) is 6.81. The van der Waals surface area contributed by atoms with Crippen molar-refractivity contribution in [2.24, 2.45) is 11.8 Å². The van der Waals surface area contributed by atoms with Crippen molar-refractivity contribution < 1.29 is 0 Å². The summed E-state index contributed by atoms with van der Waals surface area (Å²) in [5, 5.41) is 8.24. The van der Waals surface area contributed by atoms with Crippen molar-refractivity contribution in [1.82, 2.24) is 15.1 Å². The molecule has 1 saturated carbocycles. The van der Waals surface area contributed by atoms with Gasteiger partial charge in [-0.15, -0.1) is 0 Å². The molecule has 1 aliphatic rings. The number of hydrogen-bond acceptors (Lipinski definition) is 2. The fraction of sp³-hybridized carbons (Fsp3) is 0.786. The Balaban J connectivity index is 2.02. The van der Waals surface area contributed by atoms with E-state index in [1.807, 2.05) is 0 Å². The van der Waals surface area contributed by atoms with Crippen LogP contribution in [0.25, 0.3) is 0 Å². The number of aryl methyl sites for hydroxylation is 2. The Morgan fingerprint density at radius 3 is 2.59 bits per heavy atom. The maximum Gasteiger partial charge on any atom is 0.0644 e. The van der Waals surface area contributed by atoms with Crippen molar-refractivity contribution in [2.45, 2.75) is 53.6 Å². The molecule has 3 unspecified atom stereocenters. The van der Waals surface area contributed by atoms with Crippen LogP contribution in [-0.4, -0.2) is 16.3 Å². The van der Waals surface area contributed by atoms with Crippen LogP contribution in [0.5, 0.6) is 0 Å². The van der Waals surface area contributed by atoms with Gasteiger partial charge in [-0.1, -0.05) is 6.92 Å². The Kier molecular flexibility index (Phi) is 3.57. The standard InChI is InChI=1S/C14H25N3/c1-6-17-12(5)14(11(4)16-17)10(3)15-8-13-7-9(13)2/h9-10,13,15H,6-8H2,1-5H3. The Hall–Kier alpha value is -0.830. The van der Waals surface area contributed by atoms with E-state index in [1.54, 1.807) is 0 Å². The Morgan fingerprint density at radius 1 is 1.47 bits per heavy atom. The monoisotopic (exact) mass is 235 g/mol. The molecule has 0 amide bonds. The molecule has 1 heterocycles. The van der Waals surface area contributed by atoms with E-state index in [4.69, 9.17) is 0 Å². The highest BCUT2D eigenvalue weighted by Crippen LogP contribution is 2.37. The molecule has 1 aromatic heterocycles. The molecule has 96 valence electrons. The normalized spacial score (nSPS) is 25.0. The largest absolute Gasteiger partial charge is 0.310 e. The predicted octanol–water partition coefficient (Wildman–Crippen LogP) is 2.83. The molecule has 0 radical (unpaired) electrons. The summed E-state index contributed by atoms with van der Waals surface area (Å²) in [6, 6.07) is 0.420. The minimum Gasteiger partial charge on any atom is -0.310 e. The van der Waals surface area contributed by atoms with E-state index in [0.29, 0.717) is 6.04 Å². The second-order valence-corrected chi connectivity index (χ2v) is 5.50. The minimum atomic E-state index is 0.420. The molecule has 0 bridgehead atoms. The van der Waals surface area contributed by atoms with Gasteiger partial charge >= 0.3 is 0 Å². The third-order valence-electron chi connectivity index (χ3n) is 4.13. The first kappa shape index (κ1) is 12.6. The molecular weight excluding hydrogens is 210 g/mol. The third kappa shape index (κ3) is 2.54. The van der Waals surface area contributed by atoms with Crippen LogP contribution in [0.2, 0.25) is 0 Å². The van der Waals surface area contributed by atoms with Crippen molar-refractivity contribution in [2.75, 3.05) is 6.54 Å². The Morgan fingerprint density at radius 2 is 2.12 bits per heavy atom. The lowest BCUT2D eigenvalue weighted by Crippen LogP contribution is -2.22. The summed E-state index contributed by atoms with van der Waals surface area (Å²) in [5.74, 6) is 1.83. The first-order valence-electron chi connectivity index (χ1n) is 6.81. The van der Waals surface area contributed by atoms with E-state index in [9.17, 15) is 0 Å². The van der Waals surface area contributed by atoms with Crippen LogP contribution < -0.4 is 5.32 Å². The van der Waals surface area contributed by atoms with Gasteiger partial charge in [-0.3, -0.25) is 4.68 Å². The zero-order chi connectivity index (χ0) is 12.6. The first-order chi connectivity index (χ1) is 8.04. The van der Waals surface area contributed by atoms with E-state index in [0.717, 1.165) is 24.9 Å². The summed E-state index contributed by atoms with van der Waals surface area (Å²) in [6.45, 7) is 13.1. The van der Waals surface area contributed by atoms with Crippen LogP contribution >= 0.6 is 0 Å². The van der Waals surface area contributed by atoms with Gasteiger partial charge in [0.25, 0.3) is 0 Å². The van der Waals surface area contributed by atoms with Crippen LogP contribution in [0.4, 0.5) is 0 Å². The average molecular weight is 235 g/mol. The fourth-order valence-corrected chi connectivity index (χ4v) is 2.76. The quantitative estimate of drug-likeness (QED) is 0.850. The van der Waals surface area contributed by atoms with Gasteiger partial charge in [0.05, 0.1) is 5.69 Å². The second-order valence-electron chi connectivity index (χ2n) is 5.50. The van der Waals surface area contributed by atoms with Crippen LogP contribution in [0.3, 0.4) is 0 Å². The van der Waals surface area contributed by atoms with Crippen molar-refractivity contribution in [1.29, 1.82) is 0 Å². The van der Waals surface area contributed by atoms with E-state index >= 15 is 0 Å². The number of hydrogen-bond donors (Lipinski definition) is 1. The van der Waals surface area contributed by atoms with Gasteiger partial charge in [-0.25, -0.2) is 0 Å². The van der Waals surface area contributed by atoms with Crippen molar-refractivity contribution in [3.8, 4) is 0 Å². The molecule has 3 atom stereocenters. The molecule has 17 heavy (non-hydrogen) atoms. The smallest absolute Gasteiger partial charge is 0.0644 e. The minimum absolute atomic E-state index is 0.420. The van der Waals surface area contributed by atoms with Gasteiger partial charge in [0.2, 0.25) is 0 Å². The highest BCUT2D eigenvalue weighted by atomic mass is 15.3. The Bertz CT molecular complexity index is 394. The lowest BCUT2D eigenvalue weighted by molar-refractivity contribution is 0.530. The molecule has 1 aliphatic carbocycles. The Labute approximate surface area is 105 Å². The van der Waals surface area contributed by atoms with Gasteiger partial charge in [0.15, 0.2) is 0 Å². The molecular formula is C14H25N3. The van der Waals surface area contributed by atoms with Crippen molar-refractivity contribution >= 4 is 0 Å². The predicted molar refractivity (Wildman–Crippen MR) is 71.1 cm³/mol. The van der Waals surface area contributed by atoms with Crippen LogP contribution in [0.1, 0.15) is 50.2 Å². The zero-order valence-corrected chi connectivity index (χ0v) is 11.7. The fourth-order valence-electron chi connectivity index (χ4n) is 2.76. The highest BCUT2D eigenvalue weighted by Gasteiger charge is 2.32. The van der Waals surface area contributed by atoms with E-state index < -0.39 is 0 Å². The third-order valence-corrected chi connectivity index (χ3v) is 4.13.